The van der Waals surface area contributed by atoms with Gasteiger partial charge in [-0.15, -0.1) is 0 Å². The second-order valence-electron chi connectivity index (χ2n) is 9.82. The molecule has 2 fully saturated rings. The fourth-order valence-electron chi connectivity index (χ4n) is 5.42. The number of nitrogens with zero attached hydrogens (tertiary/aromatic N) is 1. The van der Waals surface area contributed by atoms with Crippen molar-refractivity contribution in [2.75, 3.05) is 5.32 Å². The lowest BCUT2D eigenvalue weighted by atomic mass is 9.85. The van der Waals surface area contributed by atoms with Gasteiger partial charge in [0.15, 0.2) is 11.5 Å². The number of rotatable bonds is 5. The number of allylic oxidation sites excluding steroid dienone is 2. The van der Waals surface area contributed by atoms with Crippen molar-refractivity contribution in [3.05, 3.63) is 30.4 Å². The molecule has 1 aromatic rings. The third-order valence-corrected chi connectivity index (χ3v) is 7.02. The van der Waals surface area contributed by atoms with Crippen molar-refractivity contribution in [3.63, 3.8) is 0 Å². The van der Waals surface area contributed by atoms with Crippen LogP contribution in [0.1, 0.15) is 58.8 Å². The van der Waals surface area contributed by atoms with E-state index in [2.05, 4.69) is 5.32 Å². The Labute approximate surface area is 188 Å². The molecule has 7 heteroatoms. The molecule has 2 heterocycles. The summed E-state index contributed by atoms with van der Waals surface area (Å²) in [5, 5.41) is 2.92. The van der Waals surface area contributed by atoms with Crippen LogP contribution >= 0.6 is 0 Å². The highest BCUT2D eigenvalue weighted by molar-refractivity contribution is 6.10. The van der Waals surface area contributed by atoms with Crippen molar-refractivity contribution in [2.24, 2.45) is 17.8 Å². The molecule has 0 bridgehead atoms. The molecule has 170 valence electrons. The van der Waals surface area contributed by atoms with Crippen molar-refractivity contribution in [1.82, 2.24) is 4.90 Å². The zero-order valence-electron chi connectivity index (χ0n) is 18.6. The van der Waals surface area contributed by atoms with Crippen LogP contribution in [0.25, 0.3) is 0 Å². The Morgan fingerprint density at radius 2 is 1.69 bits per heavy atom. The van der Waals surface area contributed by atoms with Crippen LogP contribution in [0.4, 0.5) is 5.69 Å². The molecule has 1 saturated carbocycles. The number of likely N-dealkylation sites (tertiary alicyclic amines) is 1. The molecule has 0 radical (unpaired) electrons. The number of benzene rings is 1. The first-order valence-corrected chi connectivity index (χ1v) is 11.7. The minimum atomic E-state index is -0.827. The standard InChI is InChI=1S/C25H30N2O5/c1-15(2)13-19(27-23(29)17-7-3-4-8-18(17)24(27)30)22(28)26-16-9-10-20-21(14-16)32-25(31-20)11-5-6-12-25/h3-4,9-10,14-15,17-19H,5-8,11-13H2,1-2H3,(H,26,28). The Morgan fingerprint density at radius 3 is 2.31 bits per heavy atom. The van der Waals surface area contributed by atoms with Gasteiger partial charge in [-0.25, -0.2) is 0 Å². The van der Waals surface area contributed by atoms with Crippen molar-refractivity contribution >= 4 is 23.4 Å². The Hall–Kier alpha value is -2.83. The van der Waals surface area contributed by atoms with E-state index >= 15 is 0 Å². The lowest BCUT2D eigenvalue weighted by molar-refractivity contribution is -0.147. The highest BCUT2D eigenvalue weighted by atomic mass is 16.7. The van der Waals surface area contributed by atoms with E-state index < -0.39 is 11.8 Å². The summed E-state index contributed by atoms with van der Waals surface area (Å²) >= 11 is 0. The molecule has 3 amide bonds. The maximum absolute atomic E-state index is 13.3. The molecule has 1 aromatic carbocycles. The summed E-state index contributed by atoms with van der Waals surface area (Å²) in [5.41, 5.74) is 0.569. The van der Waals surface area contributed by atoms with Crippen LogP contribution in [0.15, 0.2) is 30.4 Å². The zero-order chi connectivity index (χ0) is 22.5. The van der Waals surface area contributed by atoms with E-state index in [0.29, 0.717) is 36.4 Å². The van der Waals surface area contributed by atoms with E-state index in [1.807, 2.05) is 32.1 Å². The Morgan fingerprint density at radius 1 is 1.06 bits per heavy atom. The lowest BCUT2D eigenvalue weighted by Gasteiger charge is -2.27. The SMILES string of the molecule is CC(C)CC(C(=O)Nc1ccc2c(c1)OC1(CCCC1)O2)N1C(=O)C2CC=CCC2C1=O. The van der Waals surface area contributed by atoms with Crippen LogP contribution in [0.5, 0.6) is 11.5 Å². The molecular weight excluding hydrogens is 408 g/mol. The van der Waals surface area contributed by atoms with Gasteiger partial charge in [-0.1, -0.05) is 26.0 Å². The van der Waals surface area contributed by atoms with E-state index in [1.54, 1.807) is 12.1 Å². The van der Waals surface area contributed by atoms with E-state index in [9.17, 15) is 14.4 Å². The molecule has 2 aliphatic heterocycles. The summed E-state index contributed by atoms with van der Waals surface area (Å²) < 4.78 is 12.1. The minimum absolute atomic E-state index is 0.145. The number of nitrogens with one attached hydrogen (secondary N) is 1. The van der Waals surface area contributed by atoms with Gasteiger partial charge in [0.2, 0.25) is 17.7 Å². The van der Waals surface area contributed by atoms with Gasteiger partial charge in [-0.3, -0.25) is 19.3 Å². The predicted molar refractivity (Wildman–Crippen MR) is 118 cm³/mol. The number of fused-ring (bicyclic) bond motifs is 2. The van der Waals surface area contributed by atoms with Gasteiger partial charge in [-0.2, -0.15) is 0 Å². The lowest BCUT2D eigenvalue weighted by Crippen LogP contribution is -2.48. The van der Waals surface area contributed by atoms with Crippen LogP contribution in [-0.4, -0.2) is 34.5 Å². The molecular formula is C25H30N2O5. The van der Waals surface area contributed by atoms with Crippen LogP contribution in [0.3, 0.4) is 0 Å². The summed E-state index contributed by atoms with van der Waals surface area (Å²) in [4.78, 5) is 40.7. The van der Waals surface area contributed by atoms with Gasteiger partial charge in [0, 0.05) is 24.6 Å². The topological polar surface area (TPSA) is 84.9 Å². The fourth-order valence-corrected chi connectivity index (χ4v) is 5.42. The fraction of sp³-hybridized carbons (Fsp3) is 0.560. The number of ether oxygens (including phenoxy) is 2. The molecule has 1 saturated heterocycles. The molecule has 4 aliphatic rings. The molecule has 0 aromatic heterocycles. The van der Waals surface area contributed by atoms with E-state index in [1.165, 1.54) is 4.90 Å². The molecule has 32 heavy (non-hydrogen) atoms. The van der Waals surface area contributed by atoms with Crippen LogP contribution in [0.2, 0.25) is 0 Å². The molecule has 1 spiro atoms. The smallest absolute Gasteiger partial charge is 0.251 e. The van der Waals surface area contributed by atoms with Gasteiger partial charge >= 0.3 is 0 Å². The van der Waals surface area contributed by atoms with E-state index in [4.69, 9.17) is 9.47 Å². The van der Waals surface area contributed by atoms with Gasteiger partial charge < -0.3 is 14.8 Å². The third kappa shape index (κ3) is 3.57. The molecule has 3 unspecified atom stereocenters. The summed E-state index contributed by atoms with van der Waals surface area (Å²) in [6.07, 6.45) is 9.32. The van der Waals surface area contributed by atoms with Crippen LogP contribution in [-0.2, 0) is 14.4 Å². The van der Waals surface area contributed by atoms with Gasteiger partial charge in [-0.05, 0) is 50.2 Å². The van der Waals surface area contributed by atoms with E-state index in [0.717, 1.165) is 25.7 Å². The molecule has 2 aliphatic carbocycles. The maximum Gasteiger partial charge on any atom is 0.251 e. The average Bonchev–Trinajstić information content (AvgIpc) is 3.43. The minimum Gasteiger partial charge on any atom is -0.448 e. The van der Waals surface area contributed by atoms with Crippen molar-refractivity contribution in [3.8, 4) is 11.5 Å². The number of hydrogen-bond donors (Lipinski definition) is 1. The van der Waals surface area contributed by atoms with Gasteiger partial charge in [0.1, 0.15) is 6.04 Å². The van der Waals surface area contributed by atoms with Crippen molar-refractivity contribution in [1.29, 1.82) is 0 Å². The highest BCUT2D eigenvalue weighted by Gasteiger charge is 2.51. The number of carbonyl (C=O) groups is 3. The third-order valence-electron chi connectivity index (χ3n) is 7.02. The predicted octanol–water partition coefficient (Wildman–Crippen LogP) is 4.03. The second kappa shape index (κ2) is 7.94. The van der Waals surface area contributed by atoms with Gasteiger partial charge in [0.25, 0.3) is 5.79 Å². The van der Waals surface area contributed by atoms with E-state index in [-0.39, 0.29) is 35.5 Å². The normalized spacial score (nSPS) is 26.2. The molecule has 5 rings (SSSR count). The first-order valence-electron chi connectivity index (χ1n) is 11.7. The van der Waals surface area contributed by atoms with Crippen molar-refractivity contribution in [2.45, 2.75) is 70.6 Å². The summed E-state index contributed by atoms with van der Waals surface area (Å²) in [5.74, 6) is -0.596. The first kappa shape index (κ1) is 21.0. The Kier molecular flexibility index (Phi) is 5.22. The number of hydrogen-bond acceptors (Lipinski definition) is 5. The monoisotopic (exact) mass is 438 g/mol. The number of amides is 3. The zero-order valence-corrected chi connectivity index (χ0v) is 18.6. The second-order valence-corrected chi connectivity index (χ2v) is 9.82. The number of imide groups is 1. The summed E-state index contributed by atoms with van der Waals surface area (Å²) in [6, 6.07) is 4.52. The Bertz CT molecular complexity index is 953. The van der Waals surface area contributed by atoms with Gasteiger partial charge in [0.05, 0.1) is 11.8 Å². The highest BCUT2D eigenvalue weighted by Crippen LogP contribution is 2.47. The quantitative estimate of drug-likeness (QED) is 0.554. The maximum atomic E-state index is 13.3. The first-order chi connectivity index (χ1) is 15.4. The molecule has 1 N–H and O–H groups in total. The van der Waals surface area contributed by atoms with Crippen LogP contribution in [0, 0.1) is 17.8 Å². The van der Waals surface area contributed by atoms with Crippen molar-refractivity contribution < 1.29 is 23.9 Å². The molecule has 3 atom stereocenters. The average molecular weight is 439 g/mol. The van der Waals surface area contributed by atoms with Crippen LogP contribution < -0.4 is 14.8 Å². The number of anilines is 1. The largest absolute Gasteiger partial charge is 0.448 e. The summed E-state index contributed by atoms with van der Waals surface area (Å²) in [6.45, 7) is 3.98. The molecule has 7 nitrogen and oxygen atoms in total. The Balaban J connectivity index is 1.35. The number of carbonyl (C=O) groups excluding carboxylic acids is 3. The summed E-state index contributed by atoms with van der Waals surface area (Å²) in [7, 11) is 0.